The van der Waals surface area contributed by atoms with Crippen LogP contribution in [-0.4, -0.2) is 95.9 Å². The lowest BCUT2D eigenvalue weighted by Crippen LogP contribution is -2.62. The fraction of sp³-hybridized carbons (Fsp3) is 0.500. The molecule has 0 bridgehead atoms. The van der Waals surface area contributed by atoms with Gasteiger partial charge in [0.25, 0.3) is 0 Å². The zero-order chi connectivity index (χ0) is 39.6. The zero-order valence-electron chi connectivity index (χ0n) is 30.8. The second-order valence-electron chi connectivity index (χ2n) is 13.8. The van der Waals surface area contributed by atoms with Crippen molar-refractivity contribution in [3.63, 3.8) is 0 Å². The maximum absolute atomic E-state index is 14.0. The Hall–Kier alpha value is -5.35. The van der Waals surface area contributed by atoms with E-state index in [1.807, 2.05) is 13.8 Å². The highest BCUT2D eigenvalue weighted by molar-refractivity contribution is 5.98. The van der Waals surface area contributed by atoms with Crippen LogP contribution in [0.2, 0.25) is 0 Å². The van der Waals surface area contributed by atoms with E-state index in [1.165, 1.54) is 0 Å². The van der Waals surface area contributed by atoms with Crippen LogP contribution in [0.3, 0.4) is 0 Å². The van der Waals surface area contributed by atoms with Crippen LogP contribution in [0.15, 0.2) is 60.7 Å². The minimum Gasteiger partial charge on any atom is -0.394 e. The first-order valence-electron chi connectivity index (χ1n) is 18.3. The number of aliphatic hydroxyl groups excluding tert-OH is 1. The summed E-state index contributed by atoms with van der Waals surface area (Å²) in [6, 6.07) is 9.90. The molecule has 1 aliphatic heterocycles. The van der Waals surface area contributed by atoms with E-state index in [1.54, 1.807) is 60.7 Å². The number of hydrogen-bond acceptors (Lipinski definition) is 9. The van der Waals surface area contributed by atoms with Gasteiger partial charge in [0.1, 0.15) is 36.3 Å². The SMILES string of the molecule is CC(C)CC1NC(=O)C(Cc2ccccc2)NC(=O)C(CCC(N)=O)NC(=O)C(CO)NC(=O)C(CCCCN)NC(=O)C(Cc2ccccc2)NC1=O. The molecule has 0 saturated carbocycles. The monoisotopic (exact) mass is 750 g/mol. The smallest absolute Gasteiger partial charge is 0.245 e. The van der Waals surface area contributed by atoms with Crippen molar-refractivity contribution in [2.24, 2.45) is 17.4 Å². The van der Waals surface area contributed by atoms with Crippen molar-refractivity contribution in [2.75, 3.05) is 13.2 Å². The fourth-order valence-corrected chi connectivity index (χ4v) is 5.97. The van der Waals surface area contributed by atoms with E-state index in [0.29, 0.717) is 30.5 Å². The van der Waals surface area contributed by atoms with E-state index < -0.39 is 84.2 Å². The molecule has 11 N–H and O–H groups in total. The Morgan fingerprint density at radius 3 is 1.43 bits per heavy atom. The van der Waals surface area contributed by atoms with Crippen molar-refractivity contribution in [1.29, 1.82) is 0 Å². The quantitative estimate of drug-likeness (QED) is 0.105. The molecule has 3 rings (SSSR count). The van der Waals surface area contributed by atoms with Crippen molar-refractivity contribution in [3.05, 3.63) is 71.8 Å². The van der Waals surface area contributed by atoms with E-state index in [0.717, 1.165) is 0 Å². The predicted molar refractivity (Wildman–Crippen MR) is 200 cm³/mol. The highest BCUT2D eigenvalue weighted by atomic mass is 16.3. The molecule has 2 aromatic carbocycles. The minimum absolute atomic E-state index is 0.00911. The first-order chi connectivity index (χ1) is 25.8. The normalized spacial score (nSPS) is 23.5. The molecule has 6 unspecified atom stereocenters. The lowest BCUT2D eigenvalue weighted by molar-refractivity contribution is -0.137. The van der Waals surface area contributed by atoms with Crippen LogP contribution < -0.4 is 43.4 Å². The van der Waals surface area contributed by atoms with Crippen molar-refractivity contribution in [2.45, 2.75) is 101 Å². The van der Waals surface area contributed by atoms with Gasteiger partial charge >= 0.3 is 0 Å². The number of rotatable bonds is 14. The molecule has 1 saturated heterocycles. The molecule has 0 radical (unpaired) electrons. The number of carbonyl (C=O) groups excluding carboxylic acids is 7. The molecular weight excluding hydrogens is 696 g/mol. The standard InChI is InChI=1S/C38H54N8O8/c1-23(2)19-28-35(51)45-29(20-24-11-5-3-6-12-24)36(52)41-26(15-9-10-18-39)33(49)46-31(22-47)38(54)42-27(16-17-32(40)48)34(50)44-30(37(53)43-28)21-25-13-7-4-8-14-25/h3-8,11-14,23,26-31,47H,9-10,15-22,39H2,1-2H3,(H2,40,48)(H,41,52)(H,42,54)(H,43,53)(H,44,50)(H,45,51)(H,46,49). The summed E-state index contributed by atoms with van der Waals surface area (Å²) in [4.78, 5) is 94.7. The molecule has 6 atom stereocenters. The summed E-state index contributed by atoms with van der Waals surface area (Å²) in [6.45, 7) is 3.16. The fourth-order valence-electron chi connectivity index (χ4n) is 5.97. The molecule has 1 heterocycles. The number of primary amides is 1. The predicted octanol–water partition coefficient (Wildman–Crippen LogP) is -1.17. The average molecular weight is 751 g/mol. The van der Waals surface area contributed by atoms with Gasteiger partial charge in [-0.1, -0.05) is 74.5 Å². The average Bonchev–Trinajstić information content (AvgIpc) is 3.14. The molecule has 16 nitrogen and oxygen atoms in total. The second-order valence-corrected chi connectivity index (χ2v) is 13.8. The number of nitrogens with one attached hydrogen (secondary N) is 6. The van der Waals surface area contributed by atoms with Crippen LogP contribution in [0.5, 0.6) is 0 Å². The Morgan fingerprint density at radius 2 is 0.981 bits per heavy atom. The first-order valence-corrected chi connectivity index (χ1v) is 18.3. The molecule has 2 aromatic rings. The maximum Gasteiger partial charge on any atom is 0.245 e. The summed E-state index contributed by atoms with van der Waals surface area (Å²) in [5, 5.41) is 26.0. The van der Waals surface area contributed by atoms with Gasteiger partial charge in [0.05, 0.1) is 6.61 Å². The van der Waals surface area contributed by atoms with E-state index in [2.05, 4.69) is 31.9 Å². The summed E-state index contributed by atoms with van der Waals surface area (Å²) >= 11 is 0. The summed E-state index contributed by atoms with van der Waals surface area (Å²) in [7, 11) is 0. The van der Waals surface area contributed by atoms with Crippen LogP contribution in [-0.2, 0) is 46.4 Å². The van der Waals surface area contributed by atoms with Crippen molar-refractivity contribution >= 4 is 41.4 Å². The number of benzene rings is 2. The van der Waals surface area contributed by atoms with Crippen molar-refractivity contribution in [3.8, 4) is 0 Å². The van der Waals surface area contributed by atoms with Gasteiger partial charge in [0.15, 0.2) is 0 Å². The lowest BCUT2D eigenvalue weighted by atomic mass is 9.99. The van der Waals surface area contributed by atoms with Crippen LogP contribution in [0.25, 0.3) is 0 Å². The Kier molecular flexibility index (Phi) is 17.5. The topological polar surface area (TPSA) is 264 Å². The number of nitrogens with two attached hydrogens (primary N) is 2. The van der Waals surface area contributed by atoms with Gasteiger partial charge in [0.2, 0.25) is 41.4 Å². The molecule has 294 valence electrons. The van der Waals surface area contributed by atoms with E-state index in [-0.39, 0.29) is 44.4 Å². The van der Waals surface area contributed by atoms with E-state index in [9.17, 15) is 38.7 Å². The first kappa shape index (κ1) is 43.1. The Balaban J connectivity index is 2.10. The largest absolute Gasteiger partial charge is 0.394 e. The highest BCUT2D eigenvalue weighted by Gasteiger charge is 2.35. The zero-order valence-corrected chi connectivity index (χ0v) is 30.8. The van der Waals surface area contributed by atoms with Crippen LogP contribution in [0, 0.1) is 5.92 Å². The number of aliphatic hydroxyl groups is 1. The third-order valence-corrected chi connectivity index (χ3v) is 8.88. The van der Waals surface area contributed by atoms with Crippen molar-refractivity contribution < 1.29 is 38.7 Å². The molecule has 54 heavy (non-hydrogen) atoms. The third kappa shape index (κ3) is 14.2. The third-order valence-electron chi connectivity index (χ3n) is 8.88. The summed E-state index contributed by atoms with van der Waals surface area (Å²) in [5.74, 6) is -5.51. The molecule has 1 aliphatic rings. The lowest BCUT2D eigenvalue weighted by Gasteiger charge is -2.29. The Labute approximate surface area is 315 Å². The summed E-state index contributed by atoms with van der Waals surface area (Å²) < 4.78 is 0. The molecule has 7 amide bonds. The van der Waals surface area contributed by atoms with Gasteiger partial charge < -0.3 is 48.5 Å². The molecule has 16 heteroatoms. The summed E-state index contributed by atoms with van der Waals surface area (Å²) in [5.41, 5.74) is 12.4. The molecule has 0 aliphatic carbocycles. The van der Waals surface area contributed by atoms with Gasteiger partial charge in [-0.2, -0.15) is 0 Å². The van der Waals surface area contributed by atoms with E-state index >= 15 is 0 Å². The van der Waals surface area contributed by atoms with Gasteiger partial charge in [-0.15, -0.1) is 0 Å². The summed E-state index contributed by atoms with van der Waals surface area (Å²) in [6.07, 6.45) is 0.669. The molecular formula is C38H54N8O8. The van der Waals surface area contributed by atoms with Gasteiger partial charge in [-0.05, 0) is 55.7 Å². The number of amides is 7. The molecule has 0 aromatic heterocycles. The number of unbranched alkanes of at least 4 members (excludes halogenated alkanes) is 1. The van der Waals surface area contributed by atoms with E-state index in [4.69, 9.17) is 11.5 Å². The Bertz CT molecular complexity index is 1580. The van der Waals surface area contributed by atoms with Gasteiger partial charge in [-0.25, -0.2) is 0 Å². The van der Waals surface area contributed by atoms with Gasteiger partial charge in [-0.3, -0.25) is 33.6 Å². The maximum atomic E-state index is 14.0. The van der Waals surface area contributed by atoms with Gasteiger partial charge in [0, 0.05) is 19.3 Å². The van der Waals surface area contributed by atoms with Crippen LogP contribution in [0.1, 0.15) is 63.5 Å². The Morgan fingerprint density at radius 1 is 0.593 bits per heavy atom. The second kappa shape index (κ2) is 22.0. The molecule has 1 fully saturated rings. The highest BCUT2D eigenvalue weighted by Crippen LogP contribution is 2.12. The number of hydrogen-bond donors (Lipinski definition) is 9. The van der Waals surface area contributed by atoms with Crippen LogP contribution in [0.4, 0.5) is 0 Å². The van der Waals surface area contributed by atoms with Crippen molar-refractivity contribution in [1.82, 2.24) is 31.9 Å². The van der Waals surface area contributed by atoms with Crippen LogP contribution >= 0.6 is 0 Å². The minimum atomic E-state index is -1.57. The molecule has 0 spiro atoms. The number of carbonyl (C=O) groups is 7.